The molecule has 5 aromatic carbocycles. The summed E-state index contributed by atoms with van der Waals surface area (Å²) < 4.78 is 0. The summed E-state index contributed by atoms with van der Waals surface area (Å²) >= 11 is -0.826. The molecule has 6 rings (SSSR count). The number of hydrogen-bond donors (Lipinski definition) is 0. The van der Waals surface area contributed by atoms with Crippen LogP contribution in [0.5, 0.6) is 0 Å². The number of hydrogen-bond acceptors (Lipinski definition) is 0. The Morgan fingerprint density at radius 2 is 1.40 bits per heavy atom. The molecule has 0 fully saturated rings. The van der Waals surface area contributed by atoms with E-state index in [0.29, 0.717) is 0 Å². The van der Waals surface area contributed by atoms with Crippen molar-refractivity contribution in [3.63, 3.8) is 0 Å². The molecule has 0 heterocycles. The number of rotatable bonds is 3. The molecular weight excluding hydrogens is 683 g/mol. The molecule has 1 aliphatic carbocycles. The van der Waals surface area contributed by atoms with Crippen molar-refractivity contribution in [1.29, 1.82) is 0 Å². The second-order valence-corrected chi connectivity index (χ2v) is 18.4. The van der Waals surface area contributed by atoms with Crippen LogP contribution in [-0.4, -0.2) is 9.52 Å². The fourth-order valence-corrected chi connectivity index (χ4v) is 5.58. The first-order valence-corrected chi connectivity index (χ1v) is 24.2. The van der Waals surface area contributed by atoms with Gasteiger partial charge in [0.2, 0.25) is 0 Å². The molecule has 0 N–H and O–H groups in total. The van der Waals surface area contributed by atoms with Crippen molar-refractivity contribution in [2.24, 2.45) is 0 Å². The number of aryl methyl sites for hydroxylation is 1. The second-order valence-electron chi connectivity index (χ2n) is 13.7. The number of fused-ring (bicyclic) bond motifs is 4. The Kier molecular flexibility index (Phi) is 14.5. The fourth-order valence-electron chi connectivity index (χ4n) is 5.58. The summed E-state index contributed by atoms with van der Waals surface area (Å²) in [5.74, 6) is 0. The summed E-state index contributed by atoms with van der Waals surface area (Å²) in [6.07, 6.45) is 3.40. The Hall–Kier alpha value is -1.83. The topological polar surface area (TPSA) is 0 Å². The summed E-state index contributed by atoms with van der Waals surface area (Å²) in [5, 5.41) is 2.74. The van der Waals surface area contributed by atoms with Gasteiger partial charge in [0.25, 0.3) is 0 Å². The van der Waals surface area contributed by atoms with Crippen molar-refractivity contribution in [3.05, 3.63) is 125 Å². The van der Waals surface area contributed by atoms with Crippen LogP contribution in [0.25, 0.3) is 33.0 Å². The van der Waals surface area contributed by atoms with E-state index in [-0.39, 0.29) is 10.8 Å². The van der Waals surface area contributed by atoms with E-state index in [4.69, 9.17) is 17.0 Å². The zero-order valence-electron chi connectivity index (χ0n) is 28.5. The second kappa shape index (κ2) is 17.4. The zero-order chi connectivity index (χ0) is 33.2. The molecule has 5 aromatic rings. The first-order valence-electron chi connectivity index (χ1n) is 15.8. The third-order valence-corrected chi connectivity index (χ3v) is 7.96. The van der Waals surface area contributed by atoms with Gasteiger partial charge in [-0.05, 0) is 29.4 Å². The van der Waals surface area contributed by atoms with E-state index in [1.54, 1.807) is 0 Å². The van der Waals surface area contributed by atoms with Crippen molar-refractivity contribution < 1.29 is 20.8 Å². The molecule has 0 amide bonds. The van der Waals surface area contributed by atoms with Crippen LogP contribution in [0.2, 0.25) is 13.1 Å². The molecule has 0 bridgehead atoms. The molecule has 0 aliphatic heterocycles. The predicted molar refractivity (Wildman–Crippen MR) is 199 cm³/mol. The van der Waals surface area contributed by atoms with Crippen molar-refractivity contribution in [3.8, 4) is 22.3 Å². The van der Waals surface area contributed by atoms with Gasteiger partial charge in [0.15, 0.2) is 0 Å². The van der Waals surface area contributed by atoms with Crippen molar-refractivity contribution in [2.75, 3.05) is 0 Å². The van der Waals surface area contributed by atoms with Crippen molar-refractivity contribution in [2.45, 2.75) is 91.7 Å². The minimum atomic E-state index is -0.826. The average Bonchev–Trinajstić information content (AvgIpc) is 3.58. The molecule has 0 aromatic heterocycles. The van der Waals surface area contributed by atoms with E-state index in [1.807, 2.05) is 0 Å². The summed E-state index contributed by atoms with van der Waals surface area (Å²) in [4.78, 5) is 0. The Morgan fingerprint density at radius 1 is 0.778 bits per heavy atom. The Balaban J connectivity index is 0.000000211. The minimum absolute atomic E-state index is 0.177. The molecule has 0 saturated heterocycles. The quantitative estimate of drug-likeness (QED) is 0.126. The standard InChI is InChI=1S/C21H25.C18H17.C2H6Si.2ClH.Zr/c1-20(2,3)16-9-7-14-11-15-8-10-17(21(4,5)6)13-19(15)18(14)12-16;1-2-7-14-12-16-10-6-11-17(18(16)13-14)15-8-4-3-5-9-15;1-3-2;;;/h7,9-10,12-13H,11H2,1-6H3;3-6,8-13H,2,7H2,1H3;1-2H3;2*1H;/q2*-1;;;;+4/p-2. The van der Waals surface area contributed by atoms with Gasteiger partial charge in [0.1, 0.15) is 0 Å². The maximum absolute atomic E-state index is 4.93. The van der Waals surface area contributed by atoms with Gasteiger partial charge < -0.3 is 0 Å². The molecule has 0 atom stereocenters. The van der Waals surface area contributed by atoms with E-state index in [0.717, 1.165) is 15.9 Å². The molecule has 4 heteroatoms. The van der Waals surface area contributed by atoms with Crippen LogP contribution < -0.4 is 0 Å². The summed E-state index contributed by atoms with van der Waals surface area (Å²) in [6.45, 7) is 20.2. The zero-order valence-corrected chi connectivity index (χ0v) is 33.5. The van der Waals surface area contributed by atoms with Gasteiger partial charge in [-0.15, -0.1) is 40.1 Å². The normalized spacial score (nSPS) is 11.5. The van der Waals surface area contributed by atoms with E-state index >= 15 is 0 Å². The Bertz CT molecular complexity index is 1580. The van der Waals surface area contributed by atoms with E-state index in [2.05, 4.69) is 159 Å². The first kappa shape index (κ1) is 37.6. The van der Waals surface area contributed by atoms with Crippen LogP contribution in [0.3, 0.4) is 0 Å². The fraction of sp³-hybridized carbons (Fsp3) is 0.341. The third kappa shape index (κ3) is 10.3. The van der Waals surface area contributed by atoms with Gasteiger partial charge in [0.05, 0.1) is 0 Å². The molecule has 234 valence electrons. The van der Waals surface area contributed by atoms with Crippen LogP contribution in [0.15, 0.2) is 91.0 Å². The van der Waals surface area contributed by atoms with E-state index in [9.17, 15) is 0 Å². The van der Waals surface area contributed by atoms with Crippen LogP contribution >= 0.6 is 17.0 Å². The SMILES string of the molecule is CC(C)(C)c1c[c-]c2c(c1)-c1cc(C(C)(C)C)ccc1C2.CCCc1cc2c(-c3ccccc3)cccc2[cH-]1.C[Si]C.[Cl][Zr+2][Cl]. The Morgan fingerprint density at radius 3 is 2.00 bits per heavy atom. The molecule has 0 nitrogen and oxygen atoms in total. The average molecular weight is 731 g/mol. The van der Waals surface area contributed by atoms with Gasteiger partial charge in [0, 0.05) is 9.52 Å². The summed E-state index contributed by atoms with van der Waals surface area (Å²) in [7, 11) is 11.0. The molecule has 0 saturated carbocycles. The van der Waals surface area contributed by atoms with Gasteiger partial charge >= 0.3 is 37.9 Å². The maximum atomic E-state index is 4.93. The van der Waals surface area contributed by atoms with E-state index in [1.165, 1.54) is 73.7 Å². The van der Waals surface area contributed by atoms with Gasteiger partial charge in [-0.25, -0.2) is 0 Å². The number of benzene rings is 4. The van der Waals surface area contributed by atoms with Gasteiger partial charge in [-0.1, -0.05) is 145 Å². The first-order chi connectivity index (χ1) is 21.4. The van der Waals surface area contributed by atoms with Crippen LogP contribution in [0.1, 0.15) is 82.7 Å². The van der Waals surface area contributed by atoms with Crippen molar-refractivity contribution in [1.82, 2.24) is 0 Å². The van der Waals surface area contributed by atoms with Crippen LogP contribution in [0, 0.1) is 6.07 Å². The number of halogens is 2. The van der Waals surface area contributed by atoms with Crippen LogP contribution in [-0.2, 0) is 44.5 Å². The Labute approximate surface area is 294 Å². The summed E-state index contributed by atoms with van der Waals surface area (Å²) in [6, 6.07) is 37.0. The van der Waals surface area contributed by atoms with Crippen LogP contribution in [0.4, 0.5) is 0 Å². The molecule has 1 aliphatic rings. The van der Waals surface area contributed by atoms with Crippen molar-refractivity contribution >= 4 is 37.3 Å². The summed E-state index contributed by atoms with van der Waals surface area (Å²) in [5.41, 5.74) is 12.9. The third-order valence-electron chi connectivity index (χ3n) is 7.96. The van der Waals surface area contributed by atoms with Gasteiger partial charge in [-0.2, -0.15) is 35.4 Å². The van der Waals surface area contributed by atoms with Gasteiger partial charge in [-0.3, -0.25) is 0 Å². The monoisotopic (exact) mass is 728 g/mol. The molecule has 0 unspecified atom stereocenters. The molecule has 45 heavy (non-hydrogen) atoms. The molecule has 0 spiro atoms. The predicted octanol–water partition coefficient (Wildman–Crippen LogP) is 13.0. The molecular formula is C41H48Cl2SiZr. The molecule has 2 radical (unpaired) electrons. The van der Waals surface area contributed by atoms with E-state index < -0.39 is 20.8 Å².